The molecule has 9 nitrogen and oxygen atoms in total. The number of anilines is 1. The van der Waals surface area contributed by atoms with E-state index in [2.05, 4.69) is 15.2 Å². The highest BCUT2D eigenvalue weighted by molar-refractivity contribution is 6.11. The normalized spacial score (nSPS) is 12.9. The van der Waals surface area contributed by atoms with E-state index in [9.17, 15) is 14.4 Å². The predicted molar refractivity (Wildman–Crippen MR) is 116 cm³/mol. The monoisotopic (exact) mass is 434 g/mol. The molecule has 0 aliphatic heterocycles. The SMILES string of the molecule is Cc1ccc(C(=O)NC2CC2)cc1-n1ncc(C(=O)c2cccc(COC(=O)O)c2)c1N. The number of carbonyl (C=O) groups excluding carboxylic acids is 2. The number of amides is 1. The quantitative estimate of drug-likeness (QED) is 0.384. The molecule has 1 aliphatic rings. The minimum atomic E-state index is -1.39. The molecule has 1 aromatic heterocycles. The fourth-order valence-corrected chi connectivity index (χ4v) is 3.30. The summed E-state index contributed by atoms with van der Waals surface area (Å²) < 4.78 is 6.00. The summed E-state index contributed by atoms with van der Waals surface area (Å²) >= 11 is 0. The molecule has 3 aromatic rings. The second-order valence-electron chi connectivity index (χ2n) is 7.69. The topological polar surface area (TPSA) is 137 Å². The van der Waals surface area contributed by atoms with Crippen molar-refractivity contribution >= 4 is 23.7 Å². The van der Waals surface area contributed by atoms with Crippen molar-refractivity contribution < 1.29 is 24.2 Å². The van der Waals surface area contributed by atoms with Crippen molar-refractivity contribution in [2.75, 3.05) is 5.73 Å². The molecule has 0 bridgehead atoms. The molecule has 164 valence electrons. The lowest BCUT2D eigenvalue weighted by molar-refractivity contribution is 0.0853. The summed E-state index contributed by atoms with van der Waals surface area (Å²) in [5.41, 5.74) is 9.28. The maximum atomic E-state index is 13.0. The van der Waals surface area contributed by atoms with Crippen LogP contribution in [0, 0.1) is 6.92 Å². The lowest BCUT2D eigenvalue weighted by Gasteiger charge is -2.11. The van der Waals surface area contributed by atoms with E-state index in [1.807, 2.05) is 13.0 Å². The third-order valence-electron chi connectivity index (χ3n) is 5.21. The van der Waals surface area contributed by atoms with Crippen LogP contribution in [0.4, 0.5) is 10.6 Å². The van der Waals surface area contributed by atoms with Gasteiger partial charge in [0.05, 0.1) is 17.4 Å². The van der Waals surface area contributed by atoms with E-state index in [4.69, 9.17) is 10.8 Å². The number of nitrogens with two attached hydrogens (primary N) is 1. The molecular weight excluding hydrogens is 412 g/mol. The number of hydrogen-bond acceptors (Lipinski definition) is 6. The van der Waals surface area contributed by atoms with E-state index in [0.29, 0.717) is 22.4 Å². The number of nitrogen functional groups attached to an aromatic ring is 1. The van der Waals surface area contributed by atoms with Crippen LogP contribution in [0.5, 0.6) is 0 Å². The number of rotatable bonds is 7. The first-order chi connectivity index (χ1) is 15.3. The Balaban J connectivity index is 1.61. The zero-order chi connectivity index (χ0) is 22.8. The highest BCUT2D eigenvalue weighted by Crippen LogP contribution is 2.25. The van der Waals surface area contributed by atoms with Crippen molar-refractivity contribution in [1.82, 2.24) is 15.1 Å². The Bertz CT molecular complexity index is 1210. The minimum Gasteiger partial charge on any atom is -0.450 e. The van der Waals surface area contributed by atoms with Gasteiger partial charge in [-0.2, -0.15) is 5.10 Å². The van der Waals surface area contributed by atoms with Gasteiger partial charge in [0.25, 0.3) is 5.91 Å². The standard InChI is InChI=1S/C23H22N4O5/c1-13-5-6-16(22(29)26-17-7-8-17)10-19(13)27-21(24)18(11-25-27)20(28)15-4-2-3-14(9-15)12-32-23(30)31/h2-6,9-11,17H,7-8,12,24H2,1H3,(H,26,29)(H,30,31). The lowest BCUT2D eigenvalue weighted by atomic mass is 10.0. The van der Waals surface area contributed by atoms with Crippen molar-refractivity contribution in [3.63, 3.8) is 0 Å². The van der Waals surface area contributed by atoms with Gasteiger partial charge in [0, 0.05) is 17.2 Å². The molecule has 4 rings (SSSR count). The molecule has 0 saturated heterocycles. The van der Waals surface area contributed by atoms with Crippen molar-refractivity contribution in [2.45, 2.75) is 32.4 Å². The van der Waals surface area contributed by atoms with Crippen LogP contribution in [-0.2, 0) is 11.3 Å². The second kappa shape index (κ2) is 8.54. The molecule has 0 spiro atoms. The zero-order valence-corrected chi connectivity index (χ0v) is 17.4. The number of nitrogens with one attached hydrogen (secondary N) is 1. The van der Waals surface area contributed by atoms with Gasteiger partial charge in [0.15, 0.2) is 5.78 Å². The highest BCUT2D eigenvalue weighted by Gasteiger charge is 2.24. The Morgan fingerprint density at radius 3 is 2.69 bits per heavy atom. The van der Waals surface area contributed by atoms with Crippen LogP contribution in [0.25, 0.3) is 5.69 Å². The molecule has 1 aliphatic carbocycles. The average molecular weight is 434 g/mol. The summed E-state index contributed by atoms with van der Waals surface area (Å²) in [7, 11) is 0. The van der Waals surface area contributed by atoms with Crippen LogP contribution in [0.1, 0.15) is 50.2 Å². The molecule has 2 aromatic carbocycles. The number of ketones is 1. The van der Waals surface area contributed by atoms with Crippen LogP contribution in [0.15, 0.2) is 48.7 Å². The molecule has 4 N–H and O–H groups in total. The Kier molecular flexibility index (Phi) is 5.63. The third-order valence-corrected chi connectivity index (χ3v) is 5.21. The molecule has 1 amide bonds. The zero-order valence-electron chi connectivity index (χ0n) is 17.4. The summed E-state index contributed by atoms with van der Waals surface area (Å²) in [6, 6.07) is 12.0. The van der Waals surface area contributed by atoms with Gasteiger partial charge in [-0.15, -0.1) is 0 Å². The first kappa shape index (κ1) is 21.1. The molecule has 1 saturated carbocycles. The second-order valence-corrected chi connectivity index (χ2v) is 7.69. The van der Waals surface area contributed by atoms with Crippen LogP contribution < -0.4 is 11.1 Å². The maximum absolute atomic E-state index is 13.0. The Morgan fingerprint density at radius 2 is 1.97 bits per heavy atom. The average Bonchev–Trinajstić information content (AvgIpc) is 3.51. The lowest BCUT2D eigenvalue weighted by Crippen LogP contribution is -2.25. The summed E-state index contributed by atoms with van der Waals surface area (Å²) in [4.78, 5) is 36.1. The third kappa shape index (κ3) is 4.46. The van der Waals surface area contributed by atoms with E-state index in [0.717, 1.165) is 18.4 Å². The number of aryl methyl sites for hydroxylation is 1. The minimum absolute atomic E-state index is 0.144. The first-order valence-electron chi connectivity index (χ1n) is 10.1. The summed E-state index contributed by atoms with van der Waals surface area (Å²) in [6.07, 6.45) is 1.97. The van der Waals surface area contributed by atoms with Gasteiger partial charge in [-0.25, -0.2) is 9.48 Å². The molecular formula is C23H22N4O5. The molecule has 1 heterocycles. The van der Waals surface area contributed by atoms with Gasteiger partial charge in [0.2, 0.25) is 0 Å². The molecule has 0 radical (unpaired) electrons. The number of aromatic nitrogens is 2. The van der Waals surface area contributed by atoms with Gasteiger partial charge in [-0.05, 0) is 49.1 Å². The van der Waals surface area contributed by atoms with Crippen LogP contribution in [0.2, 0.25) is 0 Å². The first-order valence-corrected chi connectivity index (χ1v) is 10.1. The van der Waals surface area contributed by atoms with Crippen molar-refractivity contribution in [2.24, 2.45) is 0 Å². The molecule has 0 atom stereocenters. The van der Waals surface area contributed by atoms with Crippen molar-refractivity contribution in [1.29, 1.82) is 0 Å². The van der Waals surface area contributed by atoms with Crippen LogP contribution in [0.3, 0.4) is 0 Å². The van der Waals surface area contributed by atoms with E-state index < -0.39 is 6.16 Å². The van der Waals surface area contributed by atoms with E-state index in [1.54, 1.807) is 36.4 Å². The van der Waals surface area contributed by atoms with Crippen molar-refractivity contribution in [3.05, 3.63) is 76.5 Å². The summed E-state index contributed by atoms with van der Waals surface area (Å²) in [5, 5.41) is 15.9. The number of carboxylic acid groups (broad SMARTS) is 1. The number of carbonyl (C=O) groups is 3. The molecule has 0 unspecified atom stereocenters. The molecule has 9 heteroatoms. The van der Waals surface area contributed by atoms with Gasteiger partial charge in [0.1, 0.15) is 12.4 Å². The fourth-order valence-electron chi connectivity index (χ4n) is 3.30. The number of nitrogens with zero attached hydrogens (tertiary/aromatic N) is 2. The predicted octanol–water partition coefficient (Wildman–Crippen LogP) is 3.08. The number of hydrogen-bond donors (Lipinski definition) is 3. The van der Waals surface area contributed by atoms with E-state index >= 15 is 0 Å². The van der Waals surface area contributed by atoms with Gasteiger partial charge >= 0.3 is 6.16 Å². The number of benzene rings is 2. The molecule has 1 fully saturated rings. The Morgan fingerprint density at radius 1 is 1.19 bits per heavy atom. The van der Waals surface area contributed by atoms with Gasteiger partial charge in [-0.1, -0.05) is 24.3 Å². The van der Waals surface area contributed by atoms with Crippen molar-refractivity contribution in [3.8, 4) is 5.69 Å². The van der Waals surface area contributed by atoms with E-state index in [-0.39, 0.29) is 35.7 Å². The summed E-state index contributed by atoms with van der Waals surface area (Å²) in [5.74, 6) is -0.368. The largest absolute Gasteiger partial charge is 0.506 e. The molecule has 32 heavy (non-hydrogen) atoms. The Labute approximate surface area is 183 Å². The van der Waals surface area contributed by atoms with Gasteiger partial charge in [-0.3, -0.25) is 9.59 Å². The fraction of sp³-hybridized carbons (Fsp3) is 0.217. The van der Waals surface area contributed by atoms with E-state index in [1.165, 1.54) is 10.9 Å². The van der Waals surface area contributed by atoms with Crippen LogP contribution >= 0.6 is 0 Å². The maximum Gasteiger partial charge on any atom is 0.506 e. The van der Waals surface area contributed by atoms with Crippen LogP contribution in [-0.4, -0.2) is 38.8 Å². The Hall–Kier alpha value is -4.14. The number of ether oxygens (including phenoxy) is 1. The van der Waals surface area contributed by atoms with Gasteiger partial charge < -0.3 is 20.9 Å². The summed E-state index contributed by atoms with van der Waals surface area (Å²) in [6.45, 7) is 1.70. The smallest absolute Gasteiger partial charge is 0.450 e. The highest BCUT2D eigenvalue weighted by atomic mass is 16.7.